The largest absolute Gasteiger partial charge is 0.322 e. The van der Waals surface area contributed by atoms with Gasteiger partial charge in [0.25, 0.3) is 5.56 Å². The van der Waals surface area contributed by atoms with E-state index in [1.165, 1.54) is 5.56 Å². The van der Waals surface area contributed by atoms with Crippen LogP contribution in [0.3, 0.4) is 0 Å². The van der Waals surface area contributed by atoms with Crippen LogP contribution in [0, 0.1) is 5.92 Å². The van der Waals surface area contributed by atoms with Crippen LogP contribution < -0.4 is 5.56 Å². The number of allylic oxidation sites excluding steroid dienone is 1. The molecule has 1 atom stereocenters. The number of rotatable bonds is 5. The number of aryl methyl sites for hydroxylation is 1. The van der Waals surface area contributed by atoms with Crippen LogP contribution in [0.4, 0.5) is 0 Å². The highest BCUT2D eigenvalue weighted by atomic mass is 16.1. The van der Waals surface area contributed by atoms with Crippen LogP contribution in [-0.2, 0) is 11.2 Å². The molecule has 2 saturated carbocycles. The van der Waals surface area contributed by atoms with Gasteiger partial charge in [0.15, 0.2) is 0 Å². The van der Waals surface area contributed by atoms with Gasteiger partial charge < -0.3 is 4.98 Å². The fourth-order valence-corrected chi connectivity index (χ4v) is 3.84. The highest BCUT2D eigenvalue weighted by Gasteiger charge is 2.26. The first-order valence-electron chi connectivity index (χ1n) is 9.70. The van der Waals surface area contributed by atoms with Gasteiger partial charge in [0, 0.05) is 29.7 Å². The van der Waals surface area contributed by atoms with Gasteiger partial charge in [-0.25, -0.2) is 0 Å². The van der Waals surface area contributed by atoms with Crippen molar-refractivity contribution in [2.45, 2.75) is 51.4 Å². The van der Waals surface area contributed by atoms with E-state index in [1.807, 2.05) is 12.1 Å². The number of carbonyl (C=O) groups excluding carboxylic acids is 1. The summed E-state index contributed by atoms with van der Waals surface area (Å²) in [5.74, 6) is 1.04. The molecular formula is C23H25NO2. The lowest BCUT2D eigenvalue weighted by molar-refractivity contribution is -0.117. The summed E-state index contributed by atoms with van der Waals surface area (Å²) < 4.78 is 0. The quantitative estimate of drug-likeness (QED) is 0.858. The van der Waals surface area contributed by atoms with E-state index in [9.17, 15) is 9.59 Å². The molecule has 0 amide bonds. The summed E-state index contributed by atoms with van der Waals surface area (Å²) in [6, 6.07) is 12.5. The number of benzene rings is 1. The first-order chi connectivity index (χ1) is 12.6. The number of ketones is 1. The van der Waals surface area contributed by atoms with Crippen LogP contribution in [0.2, 0.25) is 0 Å². The van der Waals surface area contributed by atoms with E-state index in [1.54, 1.807) is 0 Å². The van der Waals surface area contributed by atoms with Gasteiger partial charge in [-0.15, -0.1) is 0 Å². The summed E-state index contributed by atoms with van der Waals surface area (Å²) >= 11 is 0. The Morgan fingerprint density at radius 3 is 2.42 bits per heavy atom. The number of H-pyrrole nitrogens is 1. The van der Waals surface area contributed by atoms with Crippen LogP contribution >= 0.6 is 0 Å². The van der Waals surface area contributed by atoms with E-state index >= 15 is 0 Å². The summed E-state index contributed by atoms with van der Waals surface area (Å²) in [4.78, 5) is 27.3. The number of carbonyl (C=O) groups is 1. The van der Waals surface area contributed by atoms with Gasteiger partial charge in [-0.3, -0.25) is 9.59 Å². The lowest BCUT2D eigenvalue weighted by Crippen LogP contribution is -2.13. The highest BCUT2D eigenvalue weighted by Crippen LogP contribution is 2.38. The van der Waals surface area contributed by atoms with E-state index in [0.717, 1.165) is 48.1 Å². The zero-order chi connectivity index (χ0) is 18.1. The molecule has 0 aliphatic heterocycles. The predicted octanol–water partition coefficient (Wildman–Crippen LogP) is 4.62. The Morgan fingerprint density at radius 1 is 1.08 bits per heavy atom. The van der Waals surface area contributed by atoms with E-state index in [2.05, 4.69) is 42.2 Å². The maximum Gasteiger partial charge on any atom is 0.251 e. The van der Waals surface area contributed by atoms with Gasteiger partial charge >= 0.3 is 0 Å². The van der Waals surface area contributed by atoms with Crippen molar-refractivity contribution in [2.75, 3.05) is 0 Å². The molecule has 0 spiro atoms. The Bertz CT molecular complexity index is 901. The van der Waals surface area contributed by atoms with Crippen molar-refractivity contribution in [1.29, 1.82) is 0 Å². The van der Waals surface area contributed by atoms with Crippen molar-refractivity contribution >= 4 is 11.4 Å². The molecule has 4 rings (SSSR count). The molecule has 26 heavy (non-hydrogen) atoms. The number of aromatic amines is 1. The molecule has 134 valence electrons. The zero-order valence-corrected chi connectivity index (χ0v) is 15.3. The van der Waals surface area contributed by atoms with E-state index in [-0.39, 0.29) is 11.5 Å². The first-order valence-corrected chi connectivity index (χ1v) is 9.70. The van der Waals surface area contributed by atoms with Gasteiger partial charge in [0.2, 0.25) is 0 Å². The summed E-state index contributed by atoms with van der Waals surface area (Å²) in [7, 11) is 0. The van der Waals surface area contributed by atoms with E-state index < -0.39 is 0 Å². The molecule has 1 aromatic carbocycles. The number of Topliss-reactive ketones (excluding diaryl/α,β-unsaturated/α-hetero) is 1. The zero-order valence-electron chi connectivity index (χ0n) is 15.3. The fraction of sp³-hybridized carbons (Fsp3) is 0.391. The van der Waals surface area contributed by atoms with E-state index in [0.29, 0.717) is 24.5 Å². The number of aromatic nitrogens is 1. The molecule has 2 aromatic rings. The van der Waals surface area contributed by atoms with Crippen LogP contribution in [-0.4, -0.2) is 10.8 Å². The fourth-order valence-electron chi connectivity index (χ4n) is 3.84. The maximum absolute atomic E-state index is 12.5. The third kappa shape index (κ3) is 3.57. The molecule has 3 nitrogen and oxygen atoms in total. The van der Waals surface area contributed by atoms with Crippen molar-refractivity contribution in [3.05, 3.63) is 75.2 Å². The van der Waals surface area contributed by atoms with Gasteiger partial charge in [-0.05, 0) is 54.7 Å². The standard InChI is InChI=1S/C23H25NO2/c1-2-15-3-6-18(7-4-15)21(14-16-5-10-19(25)13-16)22-12-11-20(17-8-9-17)23(26)24-22/h3-4,6-7,11-12,14,16-17H,2,5,8-10,13H2,1H3,(H,24,26)/t16-/m0/s1. The monoisotopic (exact) mass is 347 g/mol. The third-order valence-electron chi connectivity index (χ3n) is 5.61. The number of pyridine rings is 1. The lowest BCUT2D eigenvalue weighted by atomic mass is 9.94. The molecule has 1 aromatic heterocycles. The van der Waals surface area contributed by atoms with Gasteiger partial charge in [-0.1, -0.05) is 43.3 Å². The molecule has 0 radical (unpaired) electrons. The average Bonchev–Trinajstić information content (AvgIpc) is 3.41. The molecule has 0 saturated heterocycles. The second-order valence-electron chi connectivity index (χ2n) is 7.60. The maximum atomic E-state index is 12.5. The van der Waals surface area contributed by atoms with Crippen molar-refractivity contribution < 1.29 is 4.79 Å². The minimum atomic E-state index is 0.0311. The summed E-state index contributed by atoms with van der Waals surface area (Å²) in [5, 5.41) is 0. The van der Waals surface area contributed by atoms with Gasteiger partial charge in [0.05, 0.1) is 0 Å². The summed E-state index contributed by atoms with van der Waals surface area (Å²) in [5.41, 5.74) is 5.21. The Labute approximate surface area is 154 Å². The lowest BCUT2D eigenvalue weighted by Gasteiger charge is -2.13. The molecule has 3 heteroatoms. The van der Waals surface area contributed by atoms with Crippen LogP contribution in [0.25, 0.3) is 5.57 Å². The Balaban J connectivity index is 1.74. The Hall–Kier alpha value is -2.42. The van der Waals surface area contributed by atoms with Crippen molar-refractivity contribution in [3.8, 4) is 0 Å². The normalized spacial score (nSPS) is 20.6. The van der Waals surface area contributed by atoms with Crippen molar-refractivity contribution in [1.82, 2.24) is 4.98 Å². The van der Waals surface area contributed by atoms with Crippen molar-refractivity contribution in [2.24, 2.45) is 5.92 Å². The first kappa shape index (κ1) is 17.0. The number of hydrogen-bond acceptors (Lipinski definition) is 2. The van der Waals surface area contributed by atoms with Gasteiger partial charge in [0.1, 0.15) is 5.78 Å². The molecule has 0 unspecified atom stereocenters. The van der Waals surface area contributed by atoms with Crippen LogP contribution in [0.15, 0.2) is 47.3 Å². The third-order valence-corrected chi connectivity index (χ3v) is 5.61. The number of hydrogen-bond donors (Lipinski definition) is 1. The minimum Gasteiger partial charge on any atom is -0.322 e. The predicted molar refractivity (Wildman–Crippen MR) is 104 cm³/mol. The minimum absolute atomic E-state index is 0.0311. The second kappa shape index (κ2) is 7.06. The average molecular weight is 347 g/mol. The number of nitrogens with one attached hydrogen (secondary N) is 1. The Morgan fingerprint density at radius 2 is 1.85 bits per heavy atom. The Kier molecular flexibility index (Phi) is 4.62. The van der Waals surface area contributed by atoms with E-state index in [4.69, 9.17) is 0 Å². The molecule has 1 N–H and O–H groups in total. The van der Waals surface area contributed by atoms with Gasteiger partial charge in [-0.2, -0.15) is 0 Å². The second-order valence-corrected chi connectivity index (χ2v) is 7.60. The summed E-state index contributed by atoms with van der Waals surface area (Å²) in [6.07, 6.45) is 7.61. The molecule has 1 heterocycles. The smallest absolute Gasteiger partial charge is 0.251 e. The molecular weight excluding hydrogens is 322 g/mol. The molecule has 2 aliphatic carbocycles. The highest BCUT2D eigenvalue weighted by molar-refractivity contribution is 5.83. The molecule has 0 bridgehead atoms. The topological polar surface area (TPSA) is 49.9 Å². The van der Waals surface area contributed by atoms with Crippen LogP contribution in [0.1, 0.15) is 67.3 Å². The molecule has 2 fully saturated rings. The summed E-state index contributed by atoms with van der Waals surface area (Å²) in [6.45, 7) is 2.14. The van der Waals surface area contributed by atoms with Crippen molar-refractivity contribution in [3.63, 3.8) is 0 Å². The van der Waals surface area contributed by atoms with Crippen LogP contribution in [0.5, 0.6) is 0 Å². The SMILES string of the molecule is CCc1ccc(C(=C[C@H]2CCC(=O)C2)c2ccc(C3CC3)c(=O)[nH]2)cc1. The molecule has 2 aliphatic rings.